The summed E-state index contributed by atoms with van der Waals surface area (Å²) < 4.78 is 42.6. The number of fused-ring (bicyclic) bond motifs is 1. The highest BCUT2D eigenvalue weighted by molar-refractivity contribution is 7.08. The number of β-amino-alcohol motifs (C(OH)–C–C–N with tert-alkyl or cyclic N) is 1. The normalized spacial score (nSPS) is 18.6. The Kier molecular flexibility index (Phi) is 4.90. The third-order valence-electron chi connectivity index (χ3n) is 5.99. The van der Waals surface area contributed by atoms with Crippen LogP contribution < -0.4 is 10.5 Å². The molecule has 1 N–H and O–H groups in total. The van der Waals surface area contributed by atoms with Gasteiger partial charge < -0.3 is 10.0 Å². The Hall–Kier alpha value is -2.65. The van der Waals surface area contributed by atoms with E-state index in [0.29, 0.717) is 49.3 Å². The number of alkyl halides is 3. The Bertz CT molecular complexity index is 1190. The molecule has 0 amide bonds. The lowest BCUT2D eigenvalue weighted by atomic mass is 10.1. The predicted molar refractivity (Wildman–Crippen MR) is 113 cm³/mol. The van der Waals surface area contributed by atoms with Crippen LogP contribution in [0.15, 0.2) is 39.8 Å². The van der Waals surface area contributed by atoms with Crippen LogP contribution in [0, 0.1) is 0 Å². The molecule has 1 aliphatic carbocycles. The van der Waals surface area contributed by atoms with Crippen molar-refractivity contribution in [3.8, 4) is 16.9 Å². The molecular formula is C22H20F3N3O2S. The van der Waals surface area contributed by atoms with Gasteiger partial charge in [0.25, 0.3) is 5.56 Å². The number of aliphatic hydroxyl groups excluding tert-OH is 1. The Morgan fingerprint density at radius 3 is 2.65 bits per heavy atom. The molecule has 162 valence electrons. The highest BCUT2D eigenvalue weighted by atomic mass is 32.1. The van der Waals surface area contributed by atoms with Gasteiger partial charge in [-0.15, -0.1) is 0 Å². The molecule has 5 rings (SSSR count). The first-order valence-corrected chi connectivity index (χ1v) is 11.1. The van der Waals surface area contributed by atoms with Gasteiger partial charge in [0, 0.05) is 35.3 Å². The maximum atomic E-state index is 13.9. The highest BCUT2D eigenvalue weighted by Gasteiger charge is 2.36. The van der Waals surface area contributed by atoms with E-state index in [1.807, 2.05) is 21.7 Å². The summed E-state index contributed by atoms with van der Waals surface area (Å²) in [4.78, 5) is 15.1. The van der Waals surface area contributed by atoms with Gasteiger partial charge in [0.2, 0.25) is 0 Å². The van der Waals surface area contributed by atoms with Crippen LogP contribution in [-0.2, 0) is 19.0 Å². The molecule has 0 spiro atoms. The molecule has 1 saturated heterocycles. The number of halogens is 3. The lowest BCUT2D eigenvalue weighted by molar-refractivity contribution is -0.137. The first kappa shape index (κ1) is 20.3. The fourth-order valence-corrected chi connectivity index (χ4v) is 5.12. The minimum absolute atomic E-state index is 0.275. The van der Waals surface area contributed by atoms with Crippen LogP contribution in [0.2, 0.25) is 0 Å². The van der Waals surface area contributed by atoms with Crippen molar-refractivity contribution in [1.82, 2.24) is 9.78 Å². The monoisotopic (exact) mass is 447 g/mol. The standard InChI is InChI=1S/C22H20F3N3O2S/c23-22(24,25)18-5-4-14(27-8-6-15(29)11-27)10-19(18)28-21(30)17-3-1-2-16(17)20(26-28)13-7-9-31-12-13/h4-5,7,9-10,12,15,29H,1-3,6,8,11H2/t15-/m0/s1. The summed E-state index contributed by atoms with van der Waals surface area (Å²) >= 11 is 1.47. The van der Waals surface area contributed by atoms with Crippen LogP contribution in [0.4, 0.5) is 18.9 Å². The summed E-state index contributed by atoms with van der Waals surface area (Å²) in [6.45, 7) is 0.885. The fourth-order valence-electron chi connectivity index (χ4n) is 4.48. The Balaban J connectivity index is 1.74. The van der Waals surface area contributed by atoms with E-state index in [2.05, 4.69) is 5.10 Å². The summed E-state index contributed by atoms with van der Waals surface area (Å²) in [5.41, 5.74) is 1.63. The molecule has 2 aliphatic rings. The molecule has 1 aromatic carbocycles. The number of aromatic nitrogens is 2. The smallest absolute Gasteiger partial charge is 0.391 e. The number of anilines is 1. The van der Waals surface area contributed by atoms with E-state index in [1.54, 1.807) is 0 Å². The van der Waals surface area contributed by atoms with E-state index in [0.717, 1.165) is 28.3 Å². The number of nitrogens with zero attached hydrogens (tertiary/aromatic N) is 3. The third kappa shape index (κ3) is 3.55. The first-order valence-electron chi connectivity index (χ1n) is 10.1. The Morgan fingerprint density at radius 1 is 1.16 bits per heavy atom. The Labute approximate surface area is 180 Å². The minimum Gasteiger partial charge on any atom is -0.391 e. The van der Waals surface area contributed by atoms with E-state index in [-0.39, 0.29) is 5.69 Å². The van der Waals surface area contributed by atoms with Crippen LogP contribution in [0.3, 0.4) is 0 Å². The molecule has 2 aromatic heterocycles. The second-order valence-electron chi connectivity index (χ2n) is 7.98. The van der Waals surface area contributed by atoms with Gasteiger partial charge in [0.05, 0.1) is 23.0 Å². The first-order chi connectivity index (χ1) is 14.8. The van der Waals surface area contributed by atoms with Crippen molar-refractivity contribution in [2.75, 3.05) is 18.0 Å². The molecule has 0 bridgehead atoms. The van der Waals surface area contributed by atoms with Crippen LogP contribution in [-0.4, -0.2) is 34.1 Å². The molecule has 0 unspecified atom stereocenters. The van der Waals surface area contributed by atoms with Gasteiger partial charge in [0.15, 0.2) is 0 Å². The van der Waals surface area contributed by atoms with Crippen molar-refractivity contribution in [3.05, 3.63) is 62.1 Å². The molecule has 0 saturated carbocycles. The zero-order chi connectivity index (χ0) is 21.8. The fraction of sp³-hybridized carbons (Fsp3) is 0.364. The summed E-state index contributed by atoms with van der Waals surface area (Å²) in [6.07, 6.45) is -2.59. The number of thiophene rings is 1. The molecule has 3 aromatic rings. The van der Waals surface area contributed by atoms with E-state index < -0.39 is 23.4 Å². The topological polar surface area (TPSA) is 58.4 Å². The summed E-state index contributed by atoms with van der Waals surface area (Å²) in [6, 6.07) is 5.63. The SMILES string of the molecule is O=c1c2c(c(-c3ccsc3)nn1-c1cc(N3CC[C@H](O)C3)ccc1C(F)(F)F)CCC2. The van der Waals surface area contributed by atoms with Gasteiger partial charge in [-0.1, -0.05) is 0 Å². The average molecular weight is 447 g/mol. The van der Waals surface area contributed by atoms with E-state index in [1.165, 1.54) is 23.5 Å². The second kappa shape index (κ2) is 7.49. The largest absolute Gasteiger partial charge is 0.418 e. The van der Waals surface area contributed by atoms with Crippen molar-refractivity contribution in [2.24, 2.45) is 0 Å². The van der Waals surface area contributed by atoms with E-state index >= 15 is 0 Å². The molecule has 5 nitrogen and oxygen atoms in total. The van der Waals surface area contributed by atoms with E-state index in [9.17, 15) is 23.1 Å². The quantitative estimate of drug-likeness (QED) is 0.659. The molecule has 1 aliphatic heterocycles. The van der Waals surface area contributed by atoms with Crippen molar-refractivity contribution in [3.63, 3.8) is 0 Å². The van der Waals surface area contributed by atoms with Gasteiger partial charge in [-0.3, -0.25) is 4.79 Å². The summed E-state index contributed by atoms with van der Waals surface area (Å²) in [5.74, 6) is 0. The number of benzene rings is 1. The van der Waals surface area contributed by atoms with Crippen molar-refractivity contribution >= 4 is 17.0 Å². The van der Waals surface area contributed by atoms with Crippen molar-refractivity contribution < 1.29 is 18.3 Å². The lowest BCUT2D eigenvalue weighted by Crippen LogP contribution is -2.29. The number of hydrogen-bond donors (Lipinski definition) is 1. The van der Waals surface area contributed by atoms with Gasteiger partial charge in [0.1, 0.15) is 0 Å². The molecule has 31 heavy (non-hydrogen) atoms. The summed E-state index contributed by atoms with van der Waals surface area (Å²) in [7, 11) is 0. The summed E-state index contributed by atoms with van der Waals surface area (Å²) in [5, 5.41) is 18.1. The van der Waals surface area contributed by atoms with Gasteiger partial charge in [-0.25, -0.2) is 0 Å². The van der Waals surface area contributed by atoms with Gasteiger partial charge in [-0.05, 0) is 60.9 Å². The predicted octanol–water partition coefficient (Wildman–Crippen LogP) is 4.04. The number of hydrogen-bond acceptors (Lipinski definition) is 5. The van der Waals surface area contributed by atoms with Crippen LogP contribution in [0.1, 0.15) is 29.5 Å². The van der Waals surface area contributed by atoms with Crippen molar-refractivity contribution in [1.29, 1.82) is 0 Å². The van der Waals surface area contributed by atoms with Crippen LogP contribution in [0.25, 0.3) is 16.9 Å². The molecule has 1 fully saturated rings. The number of rotatable bonds is 3. The van der Waals surface area contributed by atoms with Gasteiger partial charge in [-0.2, -0.15) is 34.3 Å². The maximum Gasteiger partial charge on any atom is 0.418 e. The average Bonchev–Trinajstić information content (AvgIpc) is 3.49. The zero-order valence-electron chi connectivity index (χ0n) is 16.5. The molecule has 3 heterocycles. The third-order valence-corrected chi connectivity index (χ3v) is 6.68. The Morgan fingerprint density at radius 2 is 1.97 bits per heavy atom. The lowest BCUT2D eigenvalue weighted by Gasteiger charge is -2.22. The molecule has 0 radical (unpaired) electrons. The second-order valence-corrected chi connectivity index (χ2v) is 8.76. The molecular weight excluding hydrogens is 427 g/mol. The maximum absolute atomic E-state index is 13.9. The minimum atomic E-state index is -4.64. The zero-order valence-corrected chi connectivity index (χ0v) is 17.3. The van der Waals surface area contributed by atoms with Crippen LogP contribution >= 0.6 is 11.3 Å². The van der Waals surface area contributed by atoms with Crippen LogP contribution in [0.5, 0.6) is 0 Å². The number of aliphatic hydroxyl groups is 1. The van der Waals surface area contributed by atoms with Gasteiger partial charge >= 0.3 is 6.18 Å². The van der Waals surface area contributed by atoms with E-state index in [4.69, 9.17) is 0 Å². The molecule has 9 heteroatoms. The molecule has 1 atom stereocenters. The highest BCUT2D eigenvalue weighted by Crippen LogP contribution is 2.37. The van der Waals surface area contributed by atoms with Crippen molar-refractivity contribution in [2.45, 2.75) is 38.0 Å².